The second-order valence-corrected chi connectivity index (χ2v) is 6.75. The van der Waals surface area contributed by atoms with Crippen LogP contribution in [0.1, 0.15) is 43.0 Å². The maximum absolute atomic E-state index is 14.5. The van der Waals surface area contributed by atoms with Crippen molar-refractivity contribution in [2.45, 2.75) is 45.2 Å². The zero-order chi connectivity index (χ0) is 18.8. The summed E-state index contributed by atoms with van der Waals surface area (Å²) in [5.41, 5.74) is 4.87. The smallest absolute Gasteiger partial charge is 0.341 e. The van der Waals surface area contributed by atoms with Crippen LogP contribution < -0.4 is 16.5 Å². The van der Waals surface area contributed by atoms with Crippen LogP contribution in [0.3, 0.4) is 0 Å². The number of anilines is 1. The van der Waals surface area contributed by atoms with E-state index in [4.69, 9.17) is 5.73 Å². The number of nitrogens with zero attached hydrogens (tertiary/aromatic N) is 2. The summed E-state index contributed by atoms with van der Waals surface area (Å²) in [6.07, 6.45) is 5.02. The lowest BCUT2D eigenvalue weighted by atomic mass is 9.86. The fourth-order valence-electron chi connectivity index (χ4n) is 3.52. The van der Waals surface area contributed by atoms with Gasteiger partial charge in [0.05, 0.1) is 5.39 Å². The van der Waals surface area contributed by atoms with Crippen LogP contribution in [0.5, 0.6) is 0 Å². The van der Waals surface area contributed by atoms with Gasteiger partial charge < -0.3 is 20.7 Å². The Hall–Kier alpha value is -2.48. The molecule has 0 aliphatic heterocycles. The van der Waals surface area contributed by atoms with E-state index in [2.05, 4.69) is 10.3 Å². The van der Waals surface area contributed by atoms with E-state index in [1.165, 1.54) is 6.20 Å². The van der Waals surface area contributed by atoms with Gasteiger partial charge in [-0.15, -0.1) is 0 Å². The molecule has 1 aliphatic carbocycles. The van der Waals surface area contributed by atoms with Crippen molar-refractivity contribution in [3.05, 3.63) is 33.9 Å². The van der Waals surface area contributed by atoms with E-state index in [0.717, 1.165) is 31.7 Å². The van der Waals surface area contributed by atoms with Gasteiger partial charge in [-0.2, -0.15) is 0 Å². The quantitative estimate of drug-likeness (QED) is 0.752. The molecule has 4 N–H and O–H groups in total. The van der Waals surface area contributed by atoms with Crippen molar-refractivity contribution in [3.63, 3.8) is 0 Å². The summed E-state index contributed by atoms with van der Waals surface area (Å²) in [6.45, 7) is 2.89. The molecule has 1 saturated carbocycles. The minimum atomic E-state index is -1.33. The Morgan fingerprint density at radius 1 is 1.42 bits per heavy atom. The van der Waals surface area contributed by atoms with Crippen molar-refractivity contribution >= 4 is 22.8 Å². The molecule has 2 aromatic rings. The Bertz CT molecular complexity index is 888. The average molecular weight is 362 g/mol. The molecule has 0 amide bonds. The number of carboxylic acids is 1. The molecular formula is C18H23FN4O3. The number of carbonyl (C=O) groups is 1. The molecule has 2 heterocycles. The van der Waals surface area contributed by atoms with Crippen LogP contribution in [0.25, 0.3) is 11.0 Å². The van der Waals surface area contributed by atoms with E-state index in [9.17, 15) is 19.1 Å². The Kier molecular flexibility index (Phi) is 5.22. The molecule has 0 aromatic carbocycles. The summed E-state index contributed by atoms with van der Waals surface area (Å²) in [6, 6.07) is 1.19. The highest BCUT2D eigenvalue weighted by molar-refractivity contribution is 5.92. The first-order valence-electron chi connectivity index (χ1n) is 8.88. The highest BCUT2D eigenvalue weighted by Crippen LogP contribution is 2.27. The average Bonchev–Trinajstić information content (AvgIpc) is 2.63. The van der Waals surface area contributed by atoms with E-state index in [1.54, 1.807) is 4.57 Å². The summed E-state index contributed by atoms with van der Waals surface area (Å²) >= 11 is 0. The lowest BCUT2D eigenvalue weighted by Crippen LogP contribution is -2.30. The van der Waals surface area contributed by atoms with Gasteiger partial charge in [0.25, 0.3) is 0 Å². The minimum absolute atomic E-state index is 0.0263. The number of fused-ring (bicyclic) bond motifs is 1. The number of halogens is 1. The Morgan fingerprint density at radius 2 is 2.12 bits per heavy atom. The first-order valence-corrected chi connectivity index (χ1v) is 8.88. The van der Waals surface area contributed by atoms with Crippen LogP contribution in [0, 0.1) is 11.7 Å². The number of carboxylic acid groups (broad SMARTS) is 1. The minimum Gasteiger partial charge on any atom is -0.477 e. The number of nitrogens with one attached hydrogen (secondary N) is 1. The predicted octanol–water partition coefficient (Wildman–Crippen LogP) is 2.18. The van der Waals surface area contributed by atoms with E-state index < -0.39 is 17.2 Å². The normalized spacial score (nSPS) is 20.3. The van der Waals surface area contributed by atoms with Gasteiger partial charge in [0.2, 0.25) is 5.43 Å². The van der Waals surface area contributed by atoms with E-state index >= 15 is 0 Å². The molecule has 140 valence electrons. The second-order valence-electron chi connectivity index (χ2n) is 6.75. The predicted molar refractivity (Wildman–Crippen MR) is 97.0 cm³/mol. The SMILES string of the molecule is CCn1cc(C(=O)O)c(=O)c2cc(F)c(N[C@H]3CC[C@H](CN)CC3)nc21. The largest absolute Gasteiger partial charge is 0.477 e. The fraction of sp³-hybridized carbons (Fsp3) is 0.500. The van der Waals surface area contributed by atoms with Crippen molar-refractivity contribution in [2.75, 3.05) is 11.9 Å². The molecule has 0 bridgehead atoms. The lowest BCUT2D eigenvalue weighted by molar-refractivity contribution is 0.0695. The van der Waals surface area contributed by atoms with Gasteiger partial charge >= 0.3 is 5.97 Å². The molecule has 3 rings (SSSR count). The van der Waals surface area contributed by atoms with Crippen molar-refractivity contribution in [3.8, 4) is 0 Å². The fourth-order valence-corrected chi connectivity index (χ4v) is 3.52. The van der Waals surface area contributed by atoms with Gasteiger partial charge in [0.1, 0.15) is 11.2 Å². The van der Waals surface area contributed by atoms with Gasteiger partial charge in [-0.1, -0.05) is 0 Å². The summed E-state index contributed by atoms with van der Waals surface area (Å²) in [4.78, 5) is 27.9. The summed E-state index contributed by atoms with van der Waals surface area (Å²) < 4.78 is 16.1. The third-order valence-corrected chi connectivity index (χ3v) is 5.09. The van der Waals surface area contributed by atoms with E-state index in [0.29, 0.717) is 19.0 Å². The molecule has 1 fully saturated rings. The topological polar surface area (TPSA) is 110 Å². The number of nitrogens with two attached hydrogens (primary N) is 1. The number of hydrogen-bond acceptors (Lipinski definition) is 5. The monoisotopic (exact) mass is 362 g/mol. The first kappa shape index (κ1) is 18.3. The van der Waals surface area contributed by atoms with Gasteiger partial charge in [-0.05, 0) is 51.1 Å². The maximum Gasteiger partial charge on any atom is 0.341 e. The highest BCUT2D eigenvalue weighted by atomic mass is 19.1. The van der Waals surface area contributed by atoms with Crippen LogP contribution in [0.15, 0.2) is 17.1 Å². The highest BCUT2D eigenvalue weighted by Gasteiger charge is 2.23. The van der Waals surface area contributed by atoms with Crippen molar-refractivity contribution in [1.82, 2.24) is 9.55 Å². The molecular weight excluding hydrogens is 339 g/mol. The zero-order valence-electron chi connectivity index (χ0n) is 14.7. The lowest BCUT2D eigenvalue weighted by Gasteiger charge is -2.28. The summed E-state index contributed by atoms with van der Waals surface area (Å²) in [5, 5.41) is 12.3. The third-order valence-electron chi connectivity index (χ3n) is 5.09. The zero-order valence-corrected chi connectivity index (χ0v) is 14.7. The molecule has 8 heteroatoms. The Morgan fingerprint density at radius 3 is 2.69 bits per heavy atom. The summed E-state index contributed by atoms with van der Waals surface area (Å²) in [5.74, 6) is -1.38. The van der Waals surface area contributed by atoms with Gasteiger partial charge in [-0.3, -0.25) is 4.79 Å². The number of rotatable bonds is 5. The number of aryl methyl sites for hydroxylation is 1. The van der Waals surface area contributed by atoms with Gasteiger partial charge in [-0.25, -0.2) is 14.2 Å². The summed E-state index contributed by atoms with van der Waals surface area (Å²) in [7, 11) is 0. The molecule has 26 heavy (non-hydrogen) atoms. The Labute approximate surface area is 150 Å². The molecule has 0 saturated heterocycles. The third kappa shape index (κ3) is 3.41. The second kappa shape index (κ2) is 7.41. The van der Waals surface area contributed by atoms with Crippen LogP contribution in [-0.2, 0) is 6.54 Å². The van der Waals surface area contributed by atoms with Crippen LogP contribution >= 0.6 is 0 Å². The van der Waals surface area contributed by atoms with Crippen molar-refractivity contribution in [2.24, 2.45) is 11.7 Å². The molecule has 0 radical (unpaired) electrons. The van der Waals surface area contributed by atoms with Crippen LogP contribution in [0.2, 0.25) is 0 Å². The standard InChI is InChI=1S/C18H23FN4O3/c1-2-23-9-13(18(25)26)15(24)12-7-14(19)16(22-17(12)23)21-11-5-3-10(8-20)4-6-11/h7,9-11H,2-6,8,20H2,1H3,(H,21,22)(H,25,26)/t10-,11-. The molecule has 2 aromatic heterocycles. The van der Waals surface area contributed by atoms with Crippen molar-refractivity contribution < 1.29 is 14.3 Å². The number of aromatic carboxylic acids is 1. The maximum atomic E-state index is 14.5. The molecule has 0 unspecified atom stereocenters. The van der Waals surface area contributed by atoms with Crippen LogP contribution in [-0.4, -0.2) is 33.2 Å². The van der Waals surface area contributed by atoms with Crippen LogP contribution in [0.4, 0.5) is 10.2 Å². The number of hydrogen-bond donors (Lipinski definition) is 3. The molecule has 0 spiro atoms. The van der Waals surface area contributed by atoms with Gasteiger partial charge in [0, 0.05) is 18.8 Å². The first-order chi connectivity index (χ1) is 12.4. The number of pyridine rings is 2. The number of aromatic nitrogens is 2. The van der Waals surface area contributed by atoms with E-state index in [1.807, 2.05) is 6.92 Å². The molecule has 0 atom stereocenters. The van der Waals surface area contributed by atoms with Gasteiger partial charge in [0.15, 0.2) is 11.6 Å². The molecule has 7 nitrogen and oxygen atoms in total. The Balaban J connectivity index is 1.98. The molecule has 1 aliphatic rings. The van der Waals surface area contributed by atoms with E-state index in [-0.39, 0.29) is 28.5 Å². The van der Waals surface area contributed by atoms with Crippen molar-refractivity contribution in [1.29, 1.82) is 0 Å².